The van der Waals surface area contributed by atoms with Gasteiger partial charge in [0.05, 0.1) is 0 Å². The third-order valence-electron chi connectivity index (χ3n) is 3.38. The zero-order valence-corrected chi connectivity index (χ0v) is 10.6. The van der Waals surface area contributed by atoms with Gasteiger partial charge in [0, 0.05) is 31.1 Å². The molecule has 1 aromatic carbocycles. The SMILES string of the molecule is CC(C)N1Cc2ccc(C(=O)CCN)cc2C1. The molecule has 2 rings (SSSR count). The lowest BCUT2D eigenvalue weighted by molar-refractivity contribution is 0.0985. The summed E-state index contributed by atoms with van der Waals surface area (Å²) < 4.78 is 0. The molecule has 1 aromatic rings. The van der Waals surface area contributed by atoms with Gasteiger partial charge in [-0.25, -0.2) is 0 Å². The zero-order valence-electron chi connectivity index (χ0n) is 10.6. The highest BCUT2D eigenvalue weighted by molar-refractivity contribution is 5.96. The van der Waals surface area contributed by atoms with Crippen molar-refractivity contribution in [3.63, 3.8) is 0 Å². The summed E-state index contributed by atoms with van der Waals surface area (Å²) in [5, 5.41) is 0. The Morgan fingerprint density at radius 3 is 2.71 bits per heavy atom. The molecular formula is C14H20N2O. The number of carbonyl (C=O) groups excluding carboxylic acids is 1. The molecule has 0 spiro atoms. The normalized spacial score (nSPS) is 15.3. The first-order chi connectivity index (χ1) is 8.11. The number of fused-ring (bicyclic) bond motifs is 1. The van der Waals surface area contributed by atoms with E-state index in [1.165, 1.54) is 11.1 Å². The summed E-state index contributed by atoms with van der Waals surface area (Å²) >= 11 is 0. The molecule has 2 N–H and O–H groups in total. The van der Waals surface area contributed by atoms with Crippen LogP contribution in [0.2, 0.25) is 0 Å². The molecule has 1 aliphatic rings. The molecule has 0 saturated heterocycles. The lowest BCUT2D eigenvalue weighted by Crippen LogP contribution is -2.24. The summed E-state index contributed by atoms with van der Waals surface area (Å²) in [6.07, 6.45) is 0.437. The van der Waals surface area contributed by atoms with Crippen LogP contribution in [-0.4, -0.2) is 23.3 Å². The third kappa shape index (κ3) is 2.56. The Morgan fingerprint density at radius 1 is 1.35 bits per heavy atom. The van der Waals surface area contributed by atoms with Gasteiger partial charge < -0.3 is 5.73 Å². The van der Waals surface area contributed by atoms with Gasteiger partial charge in [-0.05, 0) is 37.6 Å². The van der Waals surface area contributed by atoms with Crippen molar-refractivity contribution in [2.24, 2.45) is 5.73 Å². The van der Waals surface area contributed by atoms with Gasteiger partial charge in [0.15, 0.2) is 5.78 Å². The highest BCUT2D eigenvalue weighted by Gasteiger charge is 2.21. The lowest BCUT2D eigenvalue weighted by atomic mass is 10.0. The Labute approximate surface area is 103 Å². The molecule has 17 heavy (non-hydrogen) atoms. The van der Waals surface area contributed by atoms with E-state index >= 15 is 0 Å². The van der Waals surface area contributed by atoms with Gasteiger partial charge in [0.1, 0.15) is 0 Å². The number of hydrogen-bond donors (Lipinski definition) is 1. The molecule has 0 amide bonds. The van der Waals surface area contributed by atoms with E-state index in [1.807, 2.05) is 12.1 Å². The number of Topliss-reactive ketones (excluding diaryl/α,β-unsaturated/α-hetero) is 1. The summed E-state index contributed by atoms with van der Waals surface area (Å²) in [5.41, 5.74) is 8.86. The van der Waals surface area contributed by atoms with Crippen LogP contribution in [0.4, 0.5) is 0 Å². The molecule has 3 heteroatoms. The molecule has 1 heterocycles. The minimum Gasteiger partial charge on any atom is -0.330 e. The second-order valence-electron chi connectivity index (χ2n) is 4.94. The van der Waals surface area contributed by atoms with Crippen LogP contribution in [0, 0.1) is 0 Å². The predicted molar refractivity (Wildman–Crippen MR) is 68.8 cm³/mol. The molecule has 0 bridgehead atoms. The Bertz CT molecular complexity index is 426. The van der Waals surface area contributed by atoms with Crippen molar-refractivity contribution < 1.29 is 4.79 Å². The average Bonchev–Trinajstić information content (AvgIpc) is 2.71. The maximum Gasteiger partial charge on any atom is 0.164 e. The molecule has 0 radical (unpaired) electrons. The van der Waals surface area contributed by atoms with Crippen LogP contribution >= 0.6 is 0 Å². The molecule has 0 fully saturated rings. The number of benzene rings is 1. The van der Waals surface area contributed by atoms with Gasteiger partial charge in [-0.3, -0.25) is 9.69 Å². The van der Waals surface area contributed by atoms with Gasteiger partial charge in [-0.1, -0.05) is 12.1 Å². The number of carbonyl (C=O) groups is 1. The van der Waals surface area contributed by atoms with E-state index in [0.29, 0.717) is 19.0 Å². The fourth-order valence-electron chi connectivity index (χ4n) is 2.23. The fourth-order valence-corrected chi connectivity index (χ4v) is 2.23. The smallest absolute Gasteiger partial charge is 0.164 e. The van der Waals surface area contributed by atoms with Crippen LogP contribution < -0.4 is 5.73 Å². The van der Waals surface area contributed by atoms with E-state index in [4.69, 9.17) is 5.73 Å². The molecule has 3 nitrogen and oxygen atoms in total. The number of nitrogens with two attached hydrogens (primary N) is 1. The molecule has 92 valence electrons. The van der Waals surface area contributed by atoms with Crippen molar-refractivity contribution in [2.45, 2.75) is 39.4 Å². The lowest BCUT2D eigenvalue weighted by Gasteiger charge is -2.18. The Morgan fingerprint density at radius 2 is 2.06 bits per heavy atom. The quantitative estimate of drug-likeness (QED) is 0.807. The first kappa shape index (κ1) is 12.3. The van der Waals surface area contributed by atoms with Crippen molar-refractivity contribution in [1.29, 1.82) is 0 Å². The molecule has 1 aliphatic heterocycles. The van der Waals surface area contributed by atoms with Crippen LogP contribution in [0.5, 0.6) is 0 Å². The summed E-state index contributed by atoms with van der Waals surface area (Å²) in [7, 11) is 0. The Balaban J connectivity index is 2.18. The van der Waals surface area contributed by atoms with Crippen molar-refractivity contribution >= 4 is 5.78 Å². The van der Waals surface area contributed by atoms with E-state index in [2.05, 4.69) is 24.8 Å². The van der Waals surface area contributed by atoms with Gasteiger partial charge in [-0.2, -0.15) is 0 Å². The molecular weight excluding hydrogens is 212 g/mol. The van der Waals surface area contributed by atoms with E-state index in [9.17, 15) is 4.79 Å². The van der Waals surface area contributed by atoms with Crippen molar-refractivity contribution in [3.05, 3.63) is 34.9 Å². The molecule has 0 aromatic heterocycles. The zero-order chi connectivity index (χ0) is 12.4. The largest absolute Gasteiger partial charge is 0.330 e. The van der Waals surface area contributed by atoms with Crippen LogP contribution in [0.1, 0.15) is 41.8 Å². The van der Waals surface area contributed by atoms with Crippen LogP contribution in [0.25, 0.3) is 0 Å². The van der Waals surface area contributed by atoms with Crippen LogP contribution in [0.15, 0.2) is 18.2 Å². The first-order valence-corrected chi connectivity index (χ1v) is 6.21. The first-order valence-electron chi connectivity index (χ1n) is 6.21. The Hall–Kier alpha value is -1.19. The number of nitrogens with zero attached hydrogens (tertiary/aromatic N) is 1. The summed E-state index contributed by atoms with van der Waals surface area (Å²) in [4.78, 5) is 14.2. The Kier molecular flexibility index (Phi) is 3.60. The van der Waals surface area contributed by atoms with E-state index < -0.39 is 0 Å². The number of rotatable bonds is 4. The molecule has 0 saturated carbocycles. The highest BCUT2D eigenvalue weighted by atomic mass is 16.1. The van der Waals surface area contributed by atoms with Gasteiger partial charge in [0.2, 0.25) is 0 Å². The van der Waals surface area contributed by atoms with Crippen LogP contribution in [0.3, 0.4) is 0 Å². The van der Waals surface area contributed by atoms with Crippen molar-refractivity contribution in [2.75, 3.05) is 6.54 Å². The molecule has 0 aliphatic carbocycles. The maximum atomic E-state index is 11.8. The van der Waals surface area contributed by atoms with E-state index in [0.717, 1.165) is 18.7 Å². The van der Waals surface area contributed by atoms with Crippen molar-refractivity contribution in [3.8, 4) is 0 Å². The van der Waals surface area contributed by atoms with Gasteiger partial charge >= 0.3 is 0 Å². The predicted octanol–water partition coefficient (Wildman–Crippen LogP) is 1.94. The van der Waals surface area contributed by atoms with Crippen molar-refractivity contribution in [1.82, 2.24) is 4.90 Å². The van der Waals surface area contributed by atoms with Gasteiger partial charge in [0.25, 0.3) is 0 Å². The fraction of sp³-hybridized carbons (Fsp3) is 0.500. The third-order valence-corrected chi connectivity index (χ3v) is 3.38. The summed E-state index contributed by atoms with van der Waals surface area (Å²) in [6.45, 7) is 6.78. The van der Waals surface area contributed by atoms with Gasteiger partial charge in [-0.15, -0.1) is 0 Å². The maximum absolute atomic E-state index is 11.8. The molecule has 0 unspecified atom stereocenters. The number of hydrogen-bond acceptors (Lipinski definition) is 3. The van der Waals surface area contributed by atoms with E-state index in [1.54, 1.807) is 0 Å². The average molecular weight is 232 g/mol. The molecule has 0 atom stereocenters. The van der Waals surface area contributed by atoms with Crippen LogP contribution in [-0.2, 0) is 13.1 Å². The minimum absolute atomic E-state index is 0.151. The second-order valence-corrected chi connectivity index (χ2v) is 4.94. The minimum atomic E-state index is 0.151. The highest BCUT2D eigenvalue weighted by Crippen LogP contribution is 2.25. The number of ketones is 1. The second kappa shape index (κ2) is 4.98. The monoisotopic (exact) mass is 232 g/mol. The summed E-state index contributed by atoms with van der Waals surface area (Å²) in [5.74, 6) is 0.151. The topological polar surface area (TPSA) is 46.3 Å². The van der Waals surface area contributed by atoms with E-state index in [-0.39, 0.29) is 5.78 Å². The summed E-state index contributed by atoms with van der Waals surface area (Å²) in [6, 6.07) is 6.60. The standard InChI is InChI=1S/C14H20N2O/c1-10(2)16-8-12-4-3-11(7-13(12)9-16)14(17)5-6-15/h3-4,7,10H,5-6,8-9,15H2,1-2H3.